The van der Waals surface area contributed by atoms with Gasteiger partial charge in [-0.05, 0) is 34.8 Å². The van der Waals surface area contributed by atoms with Crippen molar-refractivity contribution < 1.29 is 4.79 Å². The van der Waals surface area contributed by atoms with Gasteiger partial charge in [0, 0.05) is 33.2 Å². The van der Waals surface area contributed by atoms with Gasteiger partial charge in [0.25, 0.3) is 0 Å². The number of carbonyl (C=O) groups excluding carboxylic acids is 1. The van der Waals surface area contributed by atoms with Crippen LogP contribution in [0.25, 0.3) is 11.0 Å². The van der Waals surface area contributed by atoms with Gasteiger partial charge in [0.15, 0.2) is 5.78 Å². The fourth-order valence-corrected chi connectivity index (χ4v) is 3.38. The van der Waals surface area contributed by atoms with Crippen LogP contribution in [0.5, 0.6) is 0 Å². The molecule has 19 heavy (non-hydrogen) atoms. The summed E-state index contributed by atoms with van der Waals surface area (Å²) >= 11 is 3.42. The number of hydrogen-bond donors (Lipinski definition) is 1. The lowest BCUT2D eigenvalue weighted by molar-refractivity contribution is 0.0751. The van der Waals surface area contributed by atoms with Crippen LogP contribution >= 0.6 is 15.9 Å². The molecule has 0 bridgehead atoms. The van der Waals surface area contributed by atoms with Crippen LogP contribution in [0, 0.1) is 5.41 Å². The zero-order chi connectivity index (χ0) is 13.5. The largest absolute Gasteiger partial charge is 0.345 e. The molecule has 0 aromatic carbocycles. The lowest BCUT2D eigenvalue weighted by atomic mass is 9.71. The quantitative estimate of drug-likeness (QED) is 0.829. The Kier molecular flexibility index (Phi) is 3.21. The second kappa shape index (κ2) is 4.75. The Balaban J connectivity index is 2.04. The maximum absolute atomic E-state index is 12.8. The predicted octanol–water partition coefficient (Wildman–Crippen LogP) is 4.48. The highest BCUT2D eigenvalue weighted by Crippen LogP contribution is 2.39. The number of aromatic nitrogens is 2. The summed E-state index contributed by atoms with van der Waals surface area (Å²) in [6.45, 7) is 2.11. The van der Waals surface area contributed by atoms with E-state index in [1.165, 1.54) is 6.42 Å². The third kappa shape index (κ3) is 2.22. The summed E-state index contributed by atoms with van der Waals surface area (Å²) in [5, 5.41) is 0.922. The van der Waals surface area contributed by atoms with Gasteiger partial charge in [-0.3, -0.25) is 4.79 Å². The molecule has 0 saturated heterocycles. The maximum Gasteiger partial charge on any atom is 0.170 e. The van der Waals surface area contributed by atoms with Gasteiger partial charge in [-0.15, -0.1) is 0 Å². The lowest BCUT2D eigenvalue weighted by Gasteiger charge is -2.31. The molecule has 4 heteroatoms. The molecule has 3 rings (SSSR count). The number of ketones is 1. The Bertz CT molecular complexity index is 626. The van der Waals surface area contributed by atoms with Crippen LogP contribution in [0.2, 0.25) is 0 Å². The Morgan fingerprint density at radius 2 is 2.11 bits per heavy atom. The molecule has 100 valence electrons. The number of nitrogens with one attached hydrogen (secondary N) is 1. The smallest absolute Gasteiger partial charge is 0.170 e. The molecule has 0 atom stereocenters. The number of pyridine rings is 1. The first-order valence-corrected chi connectivity index (χ1v) is 7.57. The Labute approximate surface area is 120 Å². The first-order chi connectivity index (χ1) is 9.10. The van der Waals surface area contributed by atoms with E-state index in [-0.39, 0.29) is 11.2 Å². The number of rotatable bonds is 2. The highest BCUT2D eigenvalue weighted by molar-refractivity contribution is 9.10. The lowest BCUT2D eigenvalue weighted by Crippen LogP contribution is -2.30. The number of H-pyrrole nitrogens is 1. The molecule has 0 spiro atoms. The van der Waals surface area contributed by atoms with Crippen LogP contribution in [-0.2, 0) is 0 Å². The highest BCUT2D eigenvalue weighted by atomic mass is 79.9. The summed E-state index contributed by atoms with van der Waals surface area (Å²) in [7, 11) is 0. The molecular weight excluding hydrogens is 304 g/mol. The van der Waals surface area contributed by atoms with Crippen LogP contribution in [0.1, 0.15) is 49.4 Å². The zero-order valence-electron chi connectivity index (χ0n) is 11.0. The van der Waals surface area contributed by atoms with Crippen LogP contribution in [-0.4, -0.2) is 15.8 Å². The molecule has 2 aromatic rings. The van der Waals surface area contributed by atoms with Gasteiger partial charge in [0.1, 0.15) is 5.65 Å². The molecule has 1 saturated carbocycles. The average Bonchev–Trinajstić information content (AvgIpc) is 2.81. The van der Waals surface area contributed by atoms with E-state index in [0.717, 1.165) is 46.8 Å². The molecule has 0 radical (unpaired) electrons. The van der Waals surface area contributed by atoms with E-state index < -0.39 is 0 Å². The molecule has 1 aliphatic rings. The summed E-state index contributed by atoms with van der Waals surface area (Å²) in [4.78, 5) is 20.2. The van der Waals surface area contributed by atoms with Gasteiger partial charge in [-0.1, -0.05) is 26.2 Å². The van der Waals surface area contributed by atoms with E-state index in [4.69, 9.17) is 0 Å². The van der Waals surface area contributed by atoms with Gasteiger partial charge in [-0.2, -0.15) is 0 Å². The second-order valence-corrected chi connectivity index (χ2v) is 6.62. The summed E-state index contributed by atoms with van der Waals surface area (Å²) in [5.74, 6) is 0.262. The minimum atomic E-state index is -0.199. The molecule has 2 heterocycles. The van der Waals surface area contributed by atoms with E-state index in [1.807, 2.05) is 12.3 Å². The van der Waals surface area contributed by atoms with E-state index in [2.05, 4.69) is 32.8 Å². The fourth-order valence-electron chi connectivity index (χ4n) is 3.05. The molecule has 1 aliphatic carbocycles. The first kappa shape index (κ1) is 12.9. The SMILES string of the molecule is CC1(C(=O)c2c[nH]c3ncc(Br)cc23)CCCCC1. The second-order valence-electron chi connectivity index (χ2n) is 5.70. The summed E-state index contributed by atoms with van der Waals surface area (Å²) in [6.07, 6.45) is 9.13. The molecule has 1 N–H and O–H groups in total. The molecule has 0 unspecified atom stereocenters. The number of carbonyl (C=O) groups is 1. The van der Waals surface area contributed by atoms with Gasteiger partial charge in [0.05, 0.1) is 0 Å². The monoisotopic (exact) mass is 320 g/mol. The van der Waals surface area contributed by atoms with Gasteiger partial charge < -0.3 is 4.98 Å². The fraction of sp³-hybridized carbons (Fsp3) is 0.467. The van der Waals surface area contributed by atoms with E-state index >= 15 is 0 Å². The number of aromatic amines is 1. The Morgan fingerprint density at radius 3 is 2.84 bits per heavy atom. The van der Waals surface area contributed by atoms with E-state index in [9.17, 15) is 4.79 Å². The van der Waals surface area contributed by atoms with Crippen LogP contribution in [0.15, 0.2) is 22.9 Å². The molecule has 1 fully saturated rings. The Hall–Kier alpha value is -1.16. The van der Waals surface area contributed by atoms with Crippen molar-refractivity contribution in [2.75, 3.05) is 0 Å². The van der Waals surface area contributed by atoms with Crippen molar-refractivity contribution in [3.8, 4) is 0 Å². The minimum absolute atomic E-state index is 0.199. The van der Waals surface area contributed by atoms with Crippen molar-refractivity contribution in [1.29, 1.82) is 0 Å². The Morgan fingerprint density at radius 1 is 1.37 bits per heavy atom. The number of Topliss-reactive ketones (excluding diaryl/α,β-unsaturated/α-hetero) is 1. The van der Waals surface area contributed by atoms with Crippen LogP contribution in [0.3, 0.4) is 0 Å². The van der Waals surface area contributed by atoms with Crippen molar-refractivity contribution in [3.05, 3.63) is 28.5 Å². The highest BCUT2D eigenvalue weighted by Gasteiger charge is 2.36. The topological polar surface area (TPSA) is 45.8 Å². The van der Waals surface area contributed by atoms with Gasteiger partial charge in [0.2, 0.25) is 0 Å². The van der Waals surface area contributed by atoms with Crippen molar-refractivity contribution in [3.63, 3.8) is 0 Å². The zero-order valence-corrected chi connectivity index (χ0v) is 12.6. The third-order valence-corrected chi connectivity index (χ3v) is 4.68. The third-order valence-electron chi connectivity index (χ3n) is 4.25. The van der Waals surface area contributed by atoms with Crippen molar-refractivity contribution in [1.82, 2.24) is 9.97 Å². The standard InChI is InChI=1S/C15H17BrN2O/c1-15(5-3-2-4-6-15)13(19)12-9-18-14-11(12)7-10(16)8-17-14/h7-9H,2-6H2,1H3,(H,17,18). The van der Waals surface area contributed by atoms with Crippen molar-refractivity contribution in [2.45, 2.75) is 39.0 Å². The van der Waals surface area contributed by atoms with Crippen molar-refractivity contribution >= 4 is 32.7 Å². The molecule has 0 aliphatic heterocycles. The maximum atomic E-state index is 12.8. The summed E-state index contributed by atoms with van der Waals surface area (Å²) in [6, 6.07) is 1.97. The van der Waals surface area contributed by atoms with Crippen LogP contribution in [0.4, 0.5) is 0 Å². The minimum Gasteiger partial charge on any atom is -0.345 e. The number of hydrogen-bond acceptors (Lipinski definition) is 2. The first-order valence-electron chi connectivity index (χ1n) is 6.78. The molecular formula is C15H17BrN2O. The normalized spacial score (nSPS) is 18.6. The van der Waals surface area contributed by atoms with E-state index in [1.54, 1.807) is 6.20 Å². The number of halogens is 1. The molecule has 3 nitrogen and oxygen atoms in total. The van der Waals surface area contributed by atoms with Crippen LogP contribution < -0.4 is 0 Å². The summed E-state index contributed by atoms with van der Waals surface area (Å²) < 4.78 is 0.905. The van der Waals surface area contributed by atoms with Gasteiger partial charge in [-0.25, -0.2) is 4.98 Å². The summed E-state index contributed by atoms with van der Waals surface area (Å²) in [5.41, 5.74) is 1.37. The number of nitrogens with zero attached hydrogens (tertiary/aromatic N) is 1. The predicted molar refractivity (Wildman–Crippen MR) is 79.3 cm³/mol. The van der Waals surface area contributed by atoms with E-state index in [0.29, 0.717) is 0 Å². The number of fused-ring (bicyclic) bond motifs is 1. The van der Waals surface area contributed by atoms with Gasteiger partial charge >= 0.3 is 0 Å². The van der Waals surface area contributed by atoms with Crippen molar-refractivity contribution in [2.24, 2.45) is 5.41 Å². The molecule has 2 aromatic heterocycles. The average molecular weight is 321 g/mol. The molecule has 0 amide bonds.